The molecule has 0 bridgehead atoms. The number of nitriles is 1. The van der Waals surface area contributed by atoms with Gasteiger partial charge < -0.3 is 9.64 Å². The minimum absolute atomic E-state index is 0.0358. The van der Waals surface area contributed by atoms with Gasteiger partial charge in [-0.1, -0.05) is 6.92 Å². The van der Waals surface area contributed by atoms with Gasteiger partial charge in [0.2, 0.25) is 5.91 Å². The zero-order valence-electron chi connectivity index (χ0n) is 19.8. The van der Waals surface area contributed by atoms with E-state index in [9.17, 15) is 19.6 Å². The lowest BCUT2D eigenvalue weighted by molar-refractivity contribution is -0.130. The number of hydrogen-bond donors (Lipinski definition) is 1. The molecule has 0 saturated heterocycles. The number of aldehydes is 1. The highest BCUT2D eigenvalue weighted by Gasteiger charge is 2.27. The van der Waals surface area contributed by atoms with Gasteiger partial charge in [-0.3, -0.25) is 19.8 Å². The lowest BCUT2D eigenvalue weighted by Gasteiger charge is -2.29. The molecule has 0 aliphatic carbocycles. The van der Waals surface area contributed by atoms with E-state index in [0.717, 1.165) is 5.56 Å². The van der Waals surface area contributed by atoms with Crippen LogP contribution in [0.2, 0.25) is 0 Å². The van der Waals surface area contributed by atoms with Gasteiger partial charge in [0.1, 0.15) is 34.7 Å². The van der Waals surface area contributed by atoms with Crippen molar-refractivity contribution in [3.63, 3.8) is 0 Å². The van der Waals surface area contributed by atoms with E-state index in [1.165, 1.54) is 17.2 Å². The Bertz CT molecular complexity index is 1140. The van der Waals surface area contributed by atoms with Crippen molar-refractivity contribution in [3.8, 4) is 11.8 Å². The molecular formula is C24H28N6O4. The molecular weight excluding hydrogens is 436 g/mol. The normalized spacial score (nSPS) is 12.5. The zero-order chi connectivity index (χ0) is 24.8. The Morgan fingerprint density at radius 3 is 2.79 bits per heavy atom. The first-order chi connectivity index (χ1) is 16.3. The van der Waals surface area contributed by atoms with E-state index in [4.69, 9.17) is 4.74 Å². The van der Waals surface area contributed by atoms with E-state index in [1.54, 1.807) is 18.9 Å². The second-order valence-corrected chi connectivity index (χ2v) is 8.27. The van der Waals surface area contributed by atoms with Crippen molar-refractivity contribution in [2.45, 2.75) is 52.7 Å². The average molecular weight is 465 g/mol. The molecule has 0 aromatic carbocycles. The second-order valence-electron chi connectivity index (χ2n) is 8.27. The Kier molecular flexibility index (Phi) is 7.79. The Morgan fingerprint density at radius 2 is 2.15 bits per heavy atom. The molecule has 2 aromatic rings. The van der Waals surface area contributed by atoms with Crippen molar-refractivity contribution in [2.24, 2.45) is 0 Å². The first kappa shape index (κ1) is 24.6. The van der Waals surface area contributed by atoms with E-state index >= 15 is 0 Å². The molecule has 3 rings (SSSR count). The van der Waals surface area contributed by atoms with E-state index in [0.29, 0.717) is 49.2 Å². The van der Waals surface area contributed by atoms with Gasteiger partial charge in [-0.2, -0.15) is 5.26 Å². The SMILES string of the molecule is CCC(=O)N(C)Cc1cc2c(nc1C=O)N(C(=O)Nc1cc(OC(C)C)c(C#N)cn1)CCC2. The molecule has 3 amide bonds. The highest BCUT2D eigenvalue weighted by atomic mass is 16.5. The molecule has 0 unspecified atom stereocenters. The molecule has 178 valence electrons. The summed E-state index contributed by atoms with van der Waals surface area (Å²) in [7, 11) is 1.68. The molecule has 0 atom stereocenters. The molecule has 2 aromatic heterocycles. The van der Waals surface area contributed by atoms with E-state index < -0.39 is 6.03 Å². The second kappa shape index (κ2) is 10.7. The van der Waals surface area contributed by atoms with Crippen LogP contribution in [0.3, 0.4) is 0 Å². The van der Waals surface area contributed by atoms with Gasteiger partial charge in [0, 0.05) is 38.2 Å². The molecule has 10 heteroatoms. The predicted molar refractivity (Wildman–Crippen MR) is 126 cm³/mol. The van der Waals surface area contributed by atoms with Crippen LogP contribution in [0.1, 0.15) is 60.8 Å². The summed E-state index contributed by atoms with van der Waals surface area (Å²) in [4.78, 5) is 48.4. The monoisotopic (exact) mass is 464 g/mol. The topological polar surface area (TPSA) is 129 Å². The number of nitrogens with zero attached hydrogens (tertiary/aromatic N) is 5. The van der Waals surface area contributed by atoms with Crippen LogP contribution in [0.5, 0.6) is 5.75 Å². The van der Waals surface area contributed by atoms with Crippen molar-refractivity contribution < 1.29 is 19.1 Å². The lowest BCUT2D eigenvalue weighted by atomic mass is 10.0. The number of pyridine rings is 2. The minimum atomic E-state index is -0.455. The summed E-state index contributed by atoms with van der Waals surface area (Å²) in [6, 6.07) is 4.92. The van der Waals surface area contributed by atoms with Gasteiger partial charge in [-0.05, 0) is 38.3 Å². The van der Waals surface area contributed by atoms with Crippen LogP contribution < -0.4 is 15.0 Å². The fraction of sp³-hybridized carbons (Fsp3) is 0.417. The summed E-state index contributed by atoms with van der Waals surface area (Å²) in [5.41, 5.74) is 1.94. The van der Waals surface area contributed by atoms with Crippen LogP contribution in [0.15, 0.2) is 18.3 Å². The van der Waals surface area contributed by atoms with E-state index in [2.05, 4.69) is 15.3 Å². The first-order valence-corrected chi connectivity index (χ1v) is 11.1. The van der Waals surface area contributed by atoms with Crippen LogP contribution >= 0.6 is 0 Å². The highest BCUT2D eigenvalue weighted by Crippen LogP contribution is 2.29. The average Bonchev–Trinajstić information content (AvgIpc) is 2.82. The van der Waals surface area contributed by atoms with Crippen molar-refractivity contribution >= 4 is 29.9 Å². The number of carbonyl (C=O) groups excluding carboxylic acids is 3. The van der Waals surface area contributed by atoms with Gasteiger partial charge in [0.25, 0.3) is 0 Å². The van der Waals surface area contributed by atoms with Crippen molar-refractivity contribution in [1.82, 2.24) is 14.9 Å². The molecule has 1 aliphatic heterocycles. The molecule has 10 nitrogen and oxygen atoms in total. The molecule has 1 aliphatic rings. The molecule has 0 radical (unpaired) electrons. The van der Waals surface area contributed by atoms with Gasteiger partial charge in [0.05, 0.1) is 12.3 Å². The quantitative estimate of drug-likeness (QED) is 0.623. The van der Waals surface area contributed by atoms with Crippen LogP contribution in [-0.4, -0.2) is 52.8 Å². The minimum Gasteiger partial charge on any atom is -0.489 e. The third kappa shape index (κ3) is 5.49. The third-order valence-corrected chi connectivity index (χ3v) is 5.35. The maximum Gasteiger partial charge on any atom is 0.328 e. The fourth-order valence-electron chi connectivity index (χ4n) is 3.72. The van der Waals surface area contributed by atoms with E-state index in [1.807, 2.05) is 26.0 Å². The Morgan fingerprint density at radius 1 is 1.38 bits per heavy atom. The number of urea groups is 1. The van der Waals surface area contributed by atoms with Crippen LogP contribution in [0.25, 0.3) is 0 Å². The molecule has 0 fully saturated rings. The number of fused-ring (bicyclic) bond motifs is 1. The Labute approximate surface area is 198 Å². The maximum atomic E-state index is 13.1. The summed E-state index contributed by atoms with van der Waals surface area (Å²) >= 11 is 0. The van der Waals surface area contributed by atoms with Crippen LogP contribution in [-0.2, 0) is 17.8 Å². The lowest BCUT2D eigenvalue weighted by Crippen LogP contribution is -2.40. The van der Waals surface area contributed by atoms with Gasteiger partial charge in [-0.25, -0.2) is 14.8 Å². The number of anilines is 2. The number of aromatic nitrogens is 2. The maximum absolute atomic E-state index is 13.1. The van der Waals surface area contributed by atoms with Crippen molar-refractivity contribution in [2.75, 3.05) is 23.8 Å². The number of rotatable bonds is 7. The van der Waals surface area contributed by atoms with E-state index in [-0.39, 0.29) is 35.6 Å². The number of amides is 3. The molecule has 3 heterocycles. The highest BCUT2D eigenvalue weighted by molar-refractivity contribution is 6.01. The van der Waals surface area contributed by atoms with Gasteiger partial charge in [-0.15, -0.1) is 0 Å². The Balaban J connectivity index is 1.86. The number of nitrogens with one attached hydrogen (secondary N) is 1. The largest absolute Gasteiger partial charge is 0.489 e. The standard InChI is InChI=1S/C24H28N6O4/c1-5-22(32)29(4)13-17-9-16-7-6-8-30(23(16)27-19(17)14-31)24(33)28-21-10-20(34-15(2)3)18(11-25)12-26-21/h9-10,12,14-15H,5-8,13H2,1-4H3,(H,26,28,33). The van der Waals surface area contributed by atoms with Gasteiger partial charge >= 0.3 is 6.03 Å². The summed E-state index contributed by atoms with van der Waals surface area (Å²) in [5, 5.41) is 12.0. The summed E-state index contributed by atoms with van der Waals surface area (Å²) in [5.74, 6) is 0.940. The smallest absolute Gasteiger partial charge is 0.328 e. The van der Waals surface area contributed by atoms with Crippen LogP contribution in [0.4, 0.5) is 16.4 Å². The molecule has 0 saturated carbocycles. The van der Waals surface area contributed by atoms with Gasteiger partial charge in [0.15, 0.2) is 6.29 Å². The fourth-order valence-corrected chi connectivity index (χ4v) is 3.72. The third-order valence-electron chi connectivity index (χ3n) is 5.35. The number of aryl methyl sites for hydroxylation is 1. The summed E-state index contributed by atoms with van der Waals surface area (Å²) in [6.07, 6.45) is 3.62. The molecule has 34 heavy (non-hydrogen) atoms. The summed E-state index contributed by atoms with van der Waals surface area (Å²) < 4.78 is 5.65. The zero-order valence-corrected chi connectivity index (χ0v) is 19.8. The molecule has 0 spiro atoms. The predicted octanol–water partition coefficient (Wildman–Crippen LogP) is 3.30. The van der Waals surface area contributed by atoms with Crippen molar-refractivity contribution in [3.05, 3.63) is 40.7 Å². The first-order valence-electron chi connectivity index (χ1n) is 11.1. The Hall–Kier alpha value is -4.00. The van der Waals surface area contributed by atoms with Crippen molar-refractivity contribution in [1.29, 1.82) is 5.26 Å². The van der Waals surface area contributed by atoms with Crippen LogP contribution in [0, 0.1) is 11.3 Å². The molecule has 1 N–H and O–H groups in total. The summed E-state index contributed by atoms with van der Waals surface area (Å²) in [6.45, 7) is 6.14. The number of hydrogen-bond acceptors (Lipinski definition) is 7. The number of carbonyl (C=O) groups is 3. The number of ether oxygens (including phenoxy) is 1.